The van der Waals surface area contributed by atoms with Gasteiger partial charge in [0.1, 0.15) is 0 Å². The number of ether oxygens (including phenoxy) is 1. The summed E-state index contributed by atoms with van der Waals surface area (Å²) in [5.74, 6) is 0.791. The number of rotatable bonds is 9. The number of halogens is 1. The lowest BCUT2D eigenvalue weighted by Gasteiger charge is -2.34. The van der Waals surface area contributed by atoms with Crippen LogP contribution in [0.3, 0.4) is 0 Å². The van der Waals surface area contributed by atoms with Gasteiger partial charge in [0.15, 0.2) is 5.96 Å². The lowest BCUT2D eigenvalue weighted by atomic mass is 9.76. The van der Waals surface area contributed by atoms with Gasteiger partial charge in [0.05, 0.1) is 6.61 Å². The standard InChI is InChI=1S/C21H34ClN3O2/c1-4-21(5-2,17-6-8-18(22)9-7-17)15-25-19(23-3)24-14-20(10-12-26)11-13-27-16-20/h6-9,26H,4-5,10-16H2,1-3H3,(H2,23,24,25). The molecule has 0 aromatic heterocycles. The highest BCUT2D eigenvalue weighted by Crippen LogP contribution is 2.32. The maximum absolute atomic E-state index is 9.40. The van der Waals surface area contributed by atoms with Crippen LogP contribution < -0.4 is 10.6 Å². The summed E-state index contributed by atoms with van der Waals surface area (Å²) in [5, 5.41) is 17.1. The van der Waals surface area contributed by atoms with Crippen LogP contribution in [0.2, 0.25) is 5.02 Å². The molecular weight excluding hydrogens is 362 g/mol. The molecule has 1 aliphatic heterocycles. The predicted molar refractivity (Wildman–Crippen MR) is 113 cm³/mol. The van der Waals surface area contributed by atoms with E-state index in [1.165, 1.54) is 5.56 Å². The Morgan fingerprint density at radius 1 is 1.26 bits per heavy atom. The van der Waals surface area contributed by atoms with Crippen molar-refractivity contribution in [3.05, 3.63) is 34.9 Å². The van der Waals surface area contributed by atoms with Crippen molar-refractivity contribution < 1.29 is 9.84 Å². The van der Waals surface area contributed by atoms with Crippen molar-refractivity contribution in [3.63, 3.8) is 0 Å². The van der Waals surface area contributed by atoms with Gasteiger partial charge >= 0.3 is 0 Å². The van der Waals surface area contributed by atoms with E-state index in [1.54, 1.807) is 7.05 Å². The zero-order chi connectivity index (χ0) is 19.8. The quantitative estimate of drug-likeness (QED) is 0.443. The number of aliphatic imine (C=N–C) groups is 1. The van der Waals surface area contributed by atoms with E-state index in [2.05, 4.69) is 41.6 Å². The topological polar surface area (TPSA) is 65.9 Å². The molecule has 0 amide bonds. The Morgan fingerprint density at radius 2 is 1.96 bits per heavy atom. The predicted octanol–water partition coefficient (Wildman–Crippen LogP) is 3.35. The average molecular weight is 396 g/mol. The molecule has 1 saturated heterocycles. The number of hydrogen-bond donors (Lipinski definition) is 3. The molecule has 1 aliphatic rings. The fraction of sp³-hybridized carbons (Fsp3) is 0.667. The van der Waals surface area contributed by atoms with E-state index in [1.807, 2.05) is 12.1 Å². The van der Waals surface area contributed by atoms with E-state index < -0.39 is 0 Å². The van der Waals surface area contributed by atoms with Crippen LogP contribution >= 0.6 is 11.6 Å². The molecule has 1 atom stereocenters. The summed E-state index contributed by atoms with van der Waals surface area (Å²) in [6, 6.07) is 8.17. The van der Waals surface area contributed by atoms with Gasteiger partial charge in [-0.2, -0.15) is 0 Å². The molecule has 1 unspecified atom stereocenters. The number of nitrogens with one attached hydrogen (secondary N) is 2. The SMILES string of the molecule is CCC(CC)(CNC(=NC)NCC1(CCO)CCOC1)c1ccc(Cl)cc1. The Balaban J connectivity index is 2.01. The molecule has 0 saturated carbocycles. The number of aliphatic hydroxyl groups excluding tert-OH is 1. The van der Waals surface area contributed by atoms with Crippen molar-refractivity contribution in [1.29, 1.82) is 0 Å². The highest BCUT2D eigenvalue weighted by atomic mass is 35.5. The number of nitrogens with zero attached hydrogens (tertiary/aromatic N) is 1. The van der Waals surface area contributed by atoms with E-state index in [0.717, 1.165) is 56.4 Å². The van der Waals surface area contributed by atoms with E-state index in [4.69, 9.17) is 16.3 Å². The molecule has 3 N–H and O–H groups in total. The normalized spacial score (nSPS) is 20.7. The van der Waals surface area contributed by atoms with E-state index >= 15 is 0 Å². The lowest BCUT2D eigenvalue weighted by molar-refractivity contribution is 0.127. The zero-order valence-corrected chi connectivity index (χ0v) is 17.6. The van der Waals surface area contributed by atoms with Crippen LogP contribution in [0.25, 0.3) is 0 Å². The zero-order valence-electron chi connectivity index (χ0n) is 16.9. The highest BCUT2D eigenvalue weighted by molar-refractivity contribution is 6.30. The van der Waals surface area contributed by atoms with Crippen LogP contribution in [-0.4, -0.2) is 51.0 Å². The van der Waals surface area contributed by atoms with Crippen molar-refractivity contribution >= 4 is 17.6 Å². The Hall–Kier alpha value is -1.30. The number of benzene rings is 1. The summed E-state index contributed by atoms with van der Waals surface area (Å²) in [7, 11) is 1.79. The first-order chi connectivity index (χ1) is 13.0. The van der Waals surface area contributed by atoms with Gasteiger partial charge in [0.25, 0.3) is 0 Å². The molecular formula is C21H34ClN3O2. The molecule has 0 spiro atoms. The fourth-order valence-electron chi connectivity index (χ4n) is 3.87. The lowest BCUT2D eigenvalue weighted by Crippen LogP contribution is -2.48. The molecule has 1 aromatic rings. The summed E-state index contributed by atoms with van der Waals surface area (Å²) >= 11 is 6.07. The Kier molecular flexibility index (Phi) is 8.39. The Morgan fingerprint density at radius 3 is 2.48 bits per heavy atom. The molecule has 0 bridgehead atoms. The Bertz CT molecular complexity index is 594. The molecule has 1 heterocycles. The van der Waals surface area contributed by atoms with Gasteiger partial charge in [-0.05, 0) is 43.4 Å². The number of aliphatic hydroxyl groups is 1. The molecule has 2 rings (SSSR count). The van der Waals surface area contributed by atoms with Crippen LogP contribution in [0.15, 0.2) is 29.3 Å². The third-order valence-corrected chi connectivity index (χ3v) is 6.34. The molecule has 0 aliphatic carbocycles. The second-order valence-corrected chi connectivity index (χ2v) is 7.99. The molecule has 6 heteroatoms. The minimum Gasteiger partial charge on any atom is -0.396 e. The first kappa shape index (κ1) is 22.0. The van der Waals surface area contributed by atoms with Crippen LogP contribution in [0.5, 0.6) is 0 Å². The third-order valence-electron chi connectivity index (χ3n) is 6.09. The van der Waals surface area contributed by atoms with Gasteiger partial charge in [-0.1, -0.05) is 37.6 Å². The van der Waals surface area contributed by atoms with Gasteiger partial charge in [0, 0.05) is 49.2 Å². The van der Waals surface area contributed by atoms with Crippen molar-refractivity contribution in [2.24, 2.45) is 10.4 Å². The van der Waals surface area contributed by atoms with Crippen LogP contribution in [0, 0.1) is 5.41 Å². The summed E-state index contributed by atoms with van der Waals surface area (Å²) in [6.07, 6.45) is 3.76. The largest absolute Gasteiger partial charge is 0.396 e. The highest BCUT2D eigenvalue weighted by Gasteiger charge is 2.35. The van der Waals surface area contributed by atoms with Gasteiger partial charge in [-0.3, -0.25) is 4.99 Å². The Labute approximate surface area is 168 Å². The minimum absolute atomic E-state index is 0.00481. The second-order valence-electron chi connectivity index (χ2n) is 7.55. The molecule has 27 heavy (non-hydrogen) atoms. The van der Waals surface area contributed by atoms with Crippen molar-refractivity contribution in [1.82, 2.24) is 10.6 Å². The van der Waals surface area contributed by atoms with Gasteiger partial charge in [0.2, 0.25) is 0 Å². The van der Waals surface area contributed by atoms with Crippen molar-refractivity contribution in [3.8, 4) is 0 Å². The summed E-state index contributed by atoms with van der Waals surface area (Å²) in [6.45, 7) is 7.63. The maximum atomic E-state index is 9.40. The third kappa shape index (κ3) is 5.59. The van der Waals surface area contributed by atoms with E-state index in [9.17, 15) is 5.11 Å². The summed E-state index contributed by atoms with van der Waals surface area (Å²) < 4.78 is 5.57. The van der Waals surface area contributed by atoms with E-state index in [0.29, 0.717) is 6.61 Å². The molecule has 1 fully saturated rings. The first-order valence-electron chi connectivity index (χ1n) is 9.92. The maximum Gasteiger partial charge on any atom is 0.191 e. The van der Waals surface area contributed by atoms with Gasteiger partial charge in [-0.25, -0.2) is 0 Å². The molecule has 5 nitrogen and oxygen atoms in total. The van der Waals surface area contributed by atoms with Crippen LogP contribution in [0.1, 0.15) is 45.1 Å². The summed E-state index contributed by atoms with van der Waals surface area (Å²) in [5.41, 5.74) is 1.32. The number of hydrogen-bond acceptors (Lipinski definition) is 3. The van der Waals surface area contributed by atoms with Crippen molar-refractivity contribution in [2.75, 3.05) is 40.0 Å². The van der Waals surface area contributed by atoms with Gasteiger partial charge < -0.3 is 20.5 Å². The van der Waals surface area contributed by atoms with Crippen LogP contribution in [-0.2, 0) is 10.2 Å². The minimum atomic E-state index is -0.00481. The molecule has 1 aromatic carbocycles. The monoisotopic (exact) mass is 395 g/mol. The molecule has 0 radical (unpaired) electrons. The average Bonchev–Trinajstić information content (AvgIpc) is 3.15. The fourth-order valence-corrected chi connectivity index (χ4v) is 4.00. The first-order valence-corrected chi connectivity index (χ1v) is 10.3. The van der Waals surface area contributed by atoms with Crippen molar-refractivity contribution in [2.45, 2.75) is 44.9 Å². The summed E-state index contributed by atoms with van der Waals surface area (Å²) in [4.78, 5) is 4.39. The second kappa shape index (κ2) is 10.3. The van der Waals surface area contributed by atoms with Gasteiger partial charge in [-0.15, -0.1) is 0 Å². The molecule has 152 valence electrons. The smallest absolute Gasteiger partial charge is 0.191 e. The van der Waals surface area contributed by atoms with Crippen LogP contribution in [0.4, 0.5) is 0 Å². The number of guanidine groups is 1. The van der Waals surface area contributed by atoms with E-state index in [-0.39, 0.29) is 17.4 Å².